The van der Waals surface area contributed by atoms with E-state index in [0.29, 0.717) is 19.6 Å². The van der Waals surface area contributed by atoms with Gasteiger partial charge in [-0.2, -0.15) is 0 Å². The molecule has 0 aromatic heterocycles. The van der Waals surface area contributed by atoms with Crippen molar-refractivity contribution in [3.63, 3.8) is 0 Å². The molecule has 2 aromatic rings. The van der Waals surface area contributed by atoms with E-state index in [-0.39, 0.29) is 5.91 Å². The standard InChI is InChI=1S/C25H36N4O2/c1-5-28-14-13-21-7-6-8-24(23(21)19-28)26-17-25(30)29(16-15-27(2)3)18-20-9-11-22(31-4)12-10-20/h6-12,26H,5,13-19H2,1-4H3. The molecule has 0 fully saturated rings. The Morgan fingerprint density at radius 2 is 1.90 bits per heavy atom. The number of hydrogen-bond donors (Lipinski definition) is 1. The SMILES string of the molecule is CCN1CCc2cccc(NCC(=O)N(CCN(C)C)Cc3ccc(OC)cc3)c2C1. The number of methoxy groups -OCH3 is 1. The number of ether oxygens (including phenoxy) is 1. The molecule has 0 saturated heterocycles. The van der Waals surface area contributed by atoms with Gasteiger partial charge < -0.3 is 19.9 Å². The van der Waals surface area contributed by atoms with Crippen molar-refractivity contribution in [2.75, 3.05) is 59.2 Å². The molecule has 1 N–H and O–H groups in total. The zero-order chi connectivity index (χ0) is 22.2. The Hall–Kier alpha value is -2.57. The first-order valence-corrected chi connectivity index (χ1v) is 11.1. The maximum absolute atomic E-state index is 13.2. The second-order valence-electron chi connectivity index (χ2n) is 8.38. The Bertz CT molecular complexity index is 851. The molecule has 0 radical (unpaired) electrons. The summed E-state index contributed by atoms with van der Waals surface area (Å²) in [6, 6.07) is 14.3. The molecular weight excluding hydrogens is 388 g/mol. The molecule has 2 aromatic carbocycles. The summed E-state index contributed by atoms with van der Waals surface area (Å²) in [7, 11) is 5.73. The van der Waals surface area contributed by atoms with Crippen LogP contribution in [0.2, 0.25) is 0 Å². The van der Waals surface area contributed by atoms with Crippen LogP contribution in [-0.2, 0) is 24.3 Å². The smallest absolute Gasteiger partial charge is 0.242 e. The maximum Gasteiger partial charge on any atom is 0.242 e. The van der Waals surface area contributed by atoms with Crippen LogP contribution in [0.15, 0.2) is 42.5 Å². The summed E-state index contributed by atoms with van der Waals surface area (Å²) in [4.78, 5) is 19.6. The summed E-state index contributed by atoms with van der Waals surface area (Å²) in [5.74, 6) is 0.935. The highest BCUT2D eigenvalue weighted by Gasteiger charge is 2.19. The van der Waals surface area contributed by atoms with E-state index in [1.165, 1.54) is 11.1 Å². The molecule has 0 bridgehead atoms. The monoisotopic (exact) mass is 424 g/mol. The Morgan fingerprint density at radius 1 is 1.13 bits per heavy atom. The van der Waals surface area contributed by atoms with Gasteiger partial charge in [0.15, 0.2) is 0 Å². The summed E-state index contributed by atoms with van der Waals surface area (Å²) in [6.45, 7) is 7.70. The average molecular weight is 425 g/mol. The summed E-state index contributed by atoms with van der Waals surface area (Å²) in [5, 5.41) is 3.44. The number of likely N-dealkylation sites (N-methyl/N-ethyl adjacent to an activating group) is 2. The molecule has 1 amide bonds. The zero-order valence-corrected chi connectivity index (χ0v) is 19.4. The fourth-order valence-corrected chi connectivity index (χ4v) is 3.92. The first-order valence-electron chi connectivity index (χ1n) is 11.1. The highest BCUT2D eigenvalue weighted by Crippen LogP contribution is 2.26. The third-order valence-corrected chi connectivity index (χ3v) is 5.93. The fraction of sp³-hybridized carbons (Fsp3) is 0.480. The Morgan fingerprint density at radius 3 is 2.58 bits per heavy atom. The molecule has 0 spiro atoms. The van der Waals surface area contributed by atoms with Crippen molar-refractivity contribution in [2.45, 2.75) is 26.4 Å². The number of nitrogens with zero attached hydrogens (tertiary/aromatic N) is 3. The van der Waals surface area contributed by atoms with Crippen LogP contribution in [0.1, 0.15) is 23.6 Å². The van der Waals surface area contributed by atoms with E-state index in [2.05, 4.69) is 40.2 Å². The second-order valence-corrected chi connectivity index (χ2v) is 8.38. The molecule has 6 heteroatoms. The minimum atomic E-state index is 0.110. The minimum absolute atomic E-state index is 0.110. The van der Waals surface area contributed by atoms with E-state index >= 15 is 0 Å². The number of nitrogens with one attached hydrogen (secondary N) is 1. The van der Waals surface area contributed by atoms with Gasteiger partial charge in [-0.25, -0.2) is 0 Å². The third kappa shape index (κ3) is 6.45. The van der Waals surface area contributed by atoms with Crippen LogP contribution < -0.4 is 10.1 Å². The van der Waals surface area contributed by atoms with Crippen molar-refractivity contribution >= 4 is 11.6 Å². The van der Waals surface area contributed by atoms with Gasteiger partial charge in [-0.15, -0.1) is 0 Å². The quantitative estimate of drug-likeness (QED) is 0.635. The lowest BCUT2D eigenvalue weighted by molar-refractivity contribution is -0.130. The van der Waals surface area contributed by atoms with Gasteiger partial charge in [0.1, 0.15) is 5.75 Å². The largest absolute Gasteiger partial charge is 0.497 e. The molecule has 3 rings (SSSR count). The van der Waals surface area contributed by atoms with Gasteiger partial charge in [0, 0.05) is 38.4 Å². The van der Waals surface area contributed by atoms with Gasteiger partial charge in [0.25, 0.3) is 0 Å². The lowest BCUT2D eigenvalue weighted by Crippen LogP contribution is -2.39. The van der Waals surface area contributed by atoms with Gasteiger partial charge in [0.05, 0.1) is 13.7 Å². The van der Waals surface area contributed by atoms with Gasteiger partial charge in [0.2, 0.25) is 5.91 Å². The van der Waals surface area contributed by atoms with E-state index < -0.39 is 0 Å². The average Bonchev–Trinajstić information content (AvgIpc) is 2.80. The highest BCUT2D eigenvalue weighted by atomic mass is 16.5. The molecule has 168 valence electrons. The van der Waals surface area contributed by atoms with Crippen molar-refractivity contribution in [1.82, 2.24) is 14.7 Å². The first-order chi connectivity index (χ1) is 15.0. The summed E-state index contributed by atoms with van der Waals surface area (Å²) in [5.41, 5.74) is 4.91. The number of benzene rings is 2. The third-order valence-electron chi connectivity index (χ3n) is 5.93. The molecule has 6 nitrogen and oxygen atoms in total. The predicted octanol–water partition coefficient (Wildman–Crippen LogP) is 3.08. The van der Waals surface area contributed by atoms with Crippen LogP contribution in [-0.4, -0.2) is 74.5 Å². The molecule has 0 saturated carbocycles. The lowest BCUT2D eigenvalue weighted by atomic mass is 9.98. The van der Waals surface area contributed by atoms with Crippen LogP contribution >= 0.6 is 0 Å². The van der Waals surface area contributed by atoms with E-state index in [1.54, 1.807) is 7.11 Å². The van der Waals surface area contributed by atoms with E-state index in [1.807, 2.05) is 43.3 Å². The van der Waals surface area contributed by atoms with Gasteiger partial charge >= 0.3 is 0 Å². The number of amides is 1. The number of carbonyl (C=O) groups is 1. The van der Waals surface area contributed by atoms with Crippen LogP contribution in [0.4, 0.5) is 5.69 Å². The Balaban J connectivity index is 1.67. The fourth-order valence-electron chi connectivity index (χ4n) is 3.92. The second kappa shape index (κ2) is 11.2. The molecule has 31 heavy (non-hydrogen) atoms. The van der Waals surface area contributed by atoms with Gasteiger partial charge in [-0.05, 0) is 62.0 Å². The van der Waals surface area contributed by atoms with Crippen molar-refractivity contribution < 1.29 is 9.53 Å². The van der Waals surface area contributed by atoms with Crippen molar-refractivity contribution in [3.8, 4) is 5.75 Å². The lowest BCUT2D eigenvalue weighted by Gasteiger charge is -2.30. The van der Waals surface area contributed by atoms with E-state index in [4.69, 9.17) is 4.74 Å². The van der Waals surface area contributed by atoms with Crippen molar-refractivity contribution in [2.24, 2.45) is 0 Å². The first kappa shape index (κ1) is 23.1. The normalized spacial score (nSPS) is 13.7. The van der Waals surface area contributed by atoms with Crippen LogP contribution in [0.5, 0.6) is 5.75 Å². The molecule has 1 heterocycles. The highest BCUT2D eigenvalue weighted by molar-refractivity contribution is 5.81. The van der Waals surface area contributed by atoms with Gasteiger partial charge in [-0.3, -0.25) is 9.69 Å². The number of carbonyl (C=O) groups excluding carboxylic acids is 1. The molecule has 0 atom stereocenters. The zero-order valence-electron chi connectivity index (χ0n) is 19.4. The topological polar surface area (TPSA) is 48.1 Å². The Labute approximate surface area is 186 Å². The van der Waals surface area contributed by atoms with Crippen LogP contribution in [0.3, 0.4) is 0 Å². The van der Waals surface area contributed by atoms with E-state index in [0.717, 1.165) is 49.6 Å². The number of hydrogen-bond acceptors (Lipinski definition) is 5. The van der Waals surface area contributed by atoms with Crippen LogP contribution in [0, 0.1) is 0 Å². The van der Waals surface area contributed by atoms with Crippen LogP contribution in [0.25, 0.3) is 0 Å². The number of anilines is 1. The van der Waals surface area contributed by atoms with Gasteiger partial charge in [-0.1, -0.05) is 31.2 Å². The predicted molar refractivity (Wildman–Crippen MR) is 127 cm³/mol. The molecule has 0 unspecified atom stereocenters. The molecular formula is C25H36N4O2. The van der Waals surface area contributed by atoms with Crippen molar-refractivity contribution in [1.29, 1.82) is 0 Å². The molecule has 1 aliphatic rings. The number of rotatable bonds is 10. The summed E-state index contributed by atoms with van der Waals surface area (Å²) < 4.78 is 5.25. The van der Waals surface area contributed by atoms with Crippen molar-refractivity contribution in [3.05, 3.63) is 59.2 Å². The molecule has 1 aliphatic heterocycles. The minimum Gasteiger partial charge on any atom is -0.497 e. The Kier molecular flexibility index (Phi) is 8.32. The van der Waals surface area contributed by atoms with E-state index in [9.17, 15) is 4.79 Å². The number of fused-ring (bicyclic) bond motifs is 1. The maximum atomic E-state index is 13.2. The summed E-state index contributed by atoms with van der Waals surface area (Å²) in [6.07, 6.45) is 1.07. The summed E-state index contributed by atoms with van der Waals surface area (Å²) >= 11 is 0. The molecule has 0 aliphatic carbocycles.